The third-order valence-corrected chi connectivity index (χ3v) is 2.14. The molecule has 0 amide bonds. The molecule has 1 aromatic rings. The number of esters is 1. The van der Waals surface area contributed by atoms with Crippen LogP contribution in [0.4, 0.5) is 13.2 Å². The lowest BCUT2D eigenvalue weighted by Gasteiger charge is -2.21. The van der Waals surface area contributed by atoms with Gasteiger partial charge in [0.25, 0.3) is 0 Å². The molecule has 0 heterocycles. The molecule has 0 atom stereocenters. The van der Waals surface area contributed by atoms with E-state index in [0.29, 0.717) is 6.07 Å². The van der Waals surface area contributed by atoms with Gasteiger partial charge < -0.3 is 4.74 Å². The molecule has 100 valence electrons. The second kappa shape index (κ2) is 4.80. The van der Waals surface area contributed by atoms with Gasteiger partial charge in [-0.25, -0.2) is 4.79 Å². The highest BCUT2D eigenvalue weighted by Crippen LogP contribution is 2.34. The minimum Gasteiger partial charge on any atom is -0.456 e. The minimum atomic E-state index is -4.66. The quantitative estimate of drug-likeness (QED) is 0.716. The molecule has 6 heteroatoms. The lowest BCUT2D eigenvalue weighted by atomic mass is 10.1. The first-order valence-electron chi connectivity index (χ1n) is 5.11. The van der Waals surface area contributed by atoms with E-state index in [1.807, 2.05) is 0 Å². The Morgan fingerprint density at radius 2 is 1.78 bits per heavy atom. The Kier molecular flexibility index (Phi) is 3.96. The molecule has 0 saturated heterocycles. The molecule has 1 rings (SSSR count). The van der Waals surface area contributed by atoms with Crippen molar-refractivity contribution in [1.29, 1.82) is 0 Å². The van der Waals surface area contributed by atoms with Crippen LogP contribution in [0.25, 0.3) is 0 Å². The number of hydrogen-bond donors (Lipinski definition) is 0. The van der Waals surface area contributed by atoms with E-state index in [0.717, 1.165) is 6.07 Å². The smallest absolute Gasteiger partial charge is 0.417 e. The van der Waals surface area contributed by atoms with E-state index in [1.54, 1.807) is 20.8 Å². The van der Waals surface area contributed by atoms with Crippen LogP contribution in [0.5, 0.6) is 0 Å². The Labute approximate surface area is 108 Å². The molecule has 0 saturated carbocycles. The van der Waals surface area contributed by atoms with Crippen LogP contribution in [0.15, 0.2) is 18.2 Å². The highest BCUT2D eigenvalue weighted by Gasteiger charge is 2.36. The van der Waals surface area contributed by atoms with Crippen LogP contribution < -0.4 is 0 Å². The lowest BCUT2D eigenvalue weighted by Crippen LogP contribution is -2.25. The van der Waals surface area contributed by atoms with Crippen LogP contribution >= 0.6 is 11.6 Å². The normalized spacial score (nSPS) is 12.4. The number of rotatable bonds is 1. The standard InChI is InChI=1S/C12H12ClF3O2/c1-11(2,3)18-10(17)8-5-4-7(13)6-9(8)12(14,15)16/h4-6H,1-3H3. The SMILES string of the molecule is CC(C)(C)OC(=O)c1ccc(Cl)cc1C(F)(F)F. The molecule has 0 aliphatic rings. The summed E-state index contributed by atoms with van der Waals surface area (Å²) in [4.78, 5) is 11.7. The molecular formula is C12H12ClF3O2. The Balaban J connectivity index is 3.21. The van der Waals surface area contributed by atoms with Crippen molar-refractivity contribution in [3.05, 3.63) is 34.3 Å². The Morgan fingerprint density at radius 3 is 2.22 bits per heavy atom. The summed E-state index contributed by atoms with van der Waals surface area (Å²) in [5.41, 5.74) is -2.49. The van der Waals surface area contributed by atoms with E-state index in [4.69, 9.17) is 16.3 Å². The third-order valence-electron chi connectivity index (χ3n) is 1.91. The summed E-state index contributed by atoms with van der Waals surface area (Å²) in [6.45, 7) is 4.73. The Morgan fingerprint density at radius 1 is 1.22 bits per heavy atom. The van der Waals surface area contributed by atoms with Crippen molar-refractivity contribution in [1.82, 2.24) is 0 Å². The van der Waals surface area contributed by atoms with Gasteiger partial charge in [-0.1, -0.05) is 11.6 Å². The molecule has 1 aromatic carbocycles. The zero-order valence-electron chi connectivity index (χ0n) is 10.1. The fraction of sp³-hybridized carbons (Fsp3) is 0.417. The van der Waals surface area contributed by atoms with Crippen LogP contribution in [0.3, 0.4) is 0 Å². The van der Waals surface area contributed by atoms with Crippen molar-refractivity contribution in [2.24, 2.45) is 0 Å². The molecule has 0 unspecified atom stereocenters. The van der Waals surface area contributed by atoms with Gasteiger partial charge in [0.1, 0.15) is 5.60 Å². The summed E-state index contributed by atoms with van der Waals surface area (Å²) in [6.07, 6.45) is -4.66. The number of carbonyl (C=O) groups excluding carboxylic acids is 1. The first-order chi connectivity index (χ1) is 8.00. The van der Waals surface area contributed by atoms with E-state index in [1.165, 1.54) is 6.07 Å². The fourth-order valence-corrected chi connectivity index (χ4v) is 1.43. The number of alkyl halides is 3. The maximum absolute atomic E-state index is 12.8. The van der Waals surface area contributed by atoms with E-state index in [-0.39, 0.29) is 5.02 Å². The third kappa shape index (κ3) is 3.91. The summed E-state index contributed by atoms with van der Waals surface area (Å²) in [7, 11) is 0. The number of halogens is 4. The minimum absolute atomic E-state index is 0.0883. The number of benzene rings is 1. The van der Waals surface area contributed by atoms with Crippen LogP contribution in [0.2, 0.25) is 5.02 Å². The first kappa shape index (κ1) is 14.8. The van der Waals surface area contributed by atoms with Crippen LogP contribution in [0, 0.1) is 0 Å². The molecule has 0 N–H and O–H groups in total. The van der Waals surface area contributed by atoms with E-state index in [2.05, 4.69) is 0 Å². The van der Waals surface area contributed by atoms with Crippen LogP contribution in [0.1, 0.15) is 36.7 Å². The van der Waals surface area contributed by atoms with Gasteiger partial charge in [-0.15, -0.1) is 0 Å². The average molecular weight is 281 g/mol. The first-order valence-corrected chi connectivity index (χ1v) is 5.48. The lowest BCUT2D eigenvalue weighted by molar-refractivity contribution is -0.138. The number of ether oxygens (including phenoxy) is 1. The fourth-order valence-electron chi connectivity index (χ4n) is 1.26. The second-order valence-corrected chi connectivity index (χ2v) is 5.13. The van der Waals surface area contributed by atoms with Gasteiger partial charge in [-0.05, 0) is 39.0 Å². The largest absolute Gasteiger partial charge is 0.456 e. The topological polar surface area (TPSA) is 26.3 Å². The van der Waals surface area contributed by atoms with Gasteiger partial charge in [0.2, 0.25) is 0 Å². The van der Waals surface area contributed by atoms with Crippen molar-refractivity contribution >= 4 is 17.6 Å². The molecule has 18 heavy (non-hydrogen) atoms. The molecule has 0 spiro atoms. The van der Waals surface area contributed by atoms with Crippen molar-refractivity contribution in [3.8, 4) is 0 Å². The van der Waals surface area contributed by atoms with Crippen LogP contribution in [-0.4, -0.2) is 11.6 Å². The van der Waals surface area contributed by atoms with Gasteiger partial charge in [0, 0.05) is 5.02 Å². The Bertz CT molecular complexity index is 461. The summed E-state index contributed by atoms with van der Waals surface area (Å²) in [6, 6.07) is 2.94. The van der Waals surface area contributed by atoms with Crippen molar-refractivity contribution < 1.29 is 22.7 Å². The molecule has 0 aromatic heterocycles. The summed E-state index contributed by atoms with van der Waals surface area (Å²) < 4.78 is 43.2. The second-order valence-electron chi connectivity index (χ2n) is 4.69. The summed E-state index contributed by atoms with van der Waals surface area (Å²) in [5.74, 6) is -1.02. The predicted octanol–water partition coefficient (Wildman–Crippen LogP) is 4.31. The predicted molar refractivity (Wildman–Crippen MR) is 61.6 cm³/mol. The molecular weight excluding hydrogens is 269 g/mol. The Hall–Kier alpha value is -1.23. The van der Waals surface area contributed by atoms with E-state index >= 15 is 0 Å². The van der Waals surface area contributed by atoms with Crippen molar-refractivity contribution in [3.63, 3.8) is 0 Å². The van der Waals surface area contributed by atoms with Gasteiger partial charge >= 0.3 is 12.1 Å². The molecule has 0 aliphatic heterocycles. The van der Waals surface area contributed by atoms with Gasteiger partial charge in [-0.2, -0.15) is 13.2 Å². The van der Waals surface area contributed by atoms with Gasteiger partial charge in [0.05, 0.1) is 11.1 Å². The number of carbonyl (C=O) groups is 1. The zero-order chi connectivity index (χ0) is 14.1. The summed E-state index contributed by atoms with van der Waals surface area (Å²) >= 11 is 5.51. The molecule has 0 radical (unpaired) electrons. The maximum atomic E-state index is 12.8. The number of hydrogen-bond acceptors (Lipinski definition) is 2. The molecule has 0 fully saturated rings. The van der Waals surface area contributed by atoms with Crippen molar-refractivity contribution in [2.75, 3.05) is 0 Å². The summed E-state index contributed by atoms with van der Waals surface area (Å²) in [5, 5.41) is -0.0883. The van der Waals surface area contributed by atoms with Gasteiger partial charge in [0.15, 0.2) is 0 Å². The molecule has 0 aliphatic carbocycles. The van der Waals surface area contributed by atoms with Gasteiger partial charge in [-0.3, -0.25) is 0 Å². The van der Waals surface area contributed by atoms with Crippen LogP contribution in [-0.2, 0) is 10.9 Å². The highest BCUT2D eigenvalue weighted by atomic mass is 35.5. The monoisotopic (exact) mass is 280 g/mol. The molecule has 0 bridgehead atoms. The van der Waals surface area contributed by atoms with E-state index in [9.17, 15) is 18.0 Å². The highest BCUT2D eigenvalue weighted by molar-refractivity contribution is 6.30. The zero-order valence-corrected chi connectivity index (χ0v) is 10.8. The maximum Gasteiger partial charge on any atom is 0.417 e. The van der Waals surface area contributed by atoms with Crippen molar-refractivity contribution in [2.45, 2.75) is 32.5 Å². The average Bonchev–Trinajstić information content (AvgIpc) is 2.13. The van der Waals surface area contributed by atoms with E-state index < -0.39 is 28.9 Å². The molecule has 2 nitrogen and oxygen atoms in total.